The number of aromatic nitrogens is 1. The van der Waals surface area contributed by atoms with Crippen LogP contribution in [0.25, 0.3) is 0 Å². The van der Waals surface area contributed by atoms with E-state index in [0.29, 0.717) is 16.5 Å². The van der Waals surface area contributed by atoms with Crippen LogP contribution in [0, 0.1) is 11.6 Å². The zero-order valence-electron chi connectivity index (χ0n) is 13.9. The van der Waals surface area contributed by atoms with Crippen LogP contribution in [0.3, 0.4) is 0 Å². The SMILES string of the molecule is O=C(COc1ccc(Cl)cc1)Nc1ccc(Nc2c(F)cccc2F)nc1. The first-order valence-electron chi connectivity index (χ1n) is 7.86. The van der Waals surface area contributed by atoms with Crippen LogP contribution in [0.5, 0.6) is 5.75 Å². The lowest BCUT2D eigenvalue weighted by Crippen LogP contribution is -2.20. The van der Waals surface area contributed by atoms with E-state index >= 15 is 0 Å². The van der Waals surface area contributed by atoms with Gasteiger partial charge in [-0.15, -0.1) is 0 Å². The fraction of sp³-hybridized carbons (Fsp3) is 0.0526. The second kappa shape index (κ2) is 8.46. The maximum Gasteiger partial charge on any atom is 0.262 e. The molecular weight excluding hydrogens is 376 g/mol. The molecule has 5 nitrogen and oxygen atoms in total. The lowest BCUT2D eigenvalue weighted by molar-refractivity contribution is -0.118. The summed E-state index contributed by atoms with van der Waals surface area (Å²) in [5.41, 5.74) is 0.123. The summed E-state index contributed by atoms with van der Waals surface area (Å²) in [5.74, 6) is -1.09. The molecule has 0 saturated heterocycles. The predicted octanol–water partition coefficient (Wildman–Crippen LogP) is 4.77. The van der Waals surface area contributed by atoms with Crippen LogP contribution in [0.1, 0.15) is 0 Å². The Hall–Kier alpha value is -3.19. The molecule has 8 heteroatoms. The Labute approximate surface area is 159 Å². The van der Waals surface area contributed by atoms with E-state index in [2.05, 4.69) is 15.6 Å². The summed E-state index contributed by atoms with van der Waals surface area (Å²) in [7, 11) is 0. The number of anilines is 3. The molecule has 2 aromatic carbocycles. The number of para-hydroxylation sites is 1. The minimum Gasteiger partial charge on any atom is -0.484 e. The molecule has 0 aliphatic rings. The van der Waals surface area contributed by atoms with E-state index in [4.69, 9.17) is 16.3 Å². The van der Waals surface area contributed by atoms with Crippen molar-refractivity contribution < 1.29 is 18.3 Å². The first kappa shape index (κ1) is 18.6. The van der Waals surface area contributed by atoms with Gasteiger partial charge in [0, 0.05) is 5.02 Å². The zero-order chi connectivity index (χ0) is 19.2. The number of rotatable bonds is 6. The largest absolute Gasteiger partial charge is 0.484 e. The molecule has 138 valence electrons. The molecule has 1 amide bonds. The van der Waals surface area contributed by atoms with Crippen molar-refractivity contribution in [1.29, 1.82) is 0 Å². The molecule has 0 aliphatic heterocycles. The summed E-state index contributed by atoms with van der Waals surface area (Å²) in [6.07, 6.45) is 1.36. The van der Waals surface area contributed by atoms with Crippen LogP contribution in [0.4, 0.5) is 26.0 Å². The third-order valence-corrected chi connectivity index (χ3v) is 3.70. The van der Waals surface area contributed by atoms with Crippen molar-refractivity contribution in [3.63, 3.8) is 0 Å². The molecular formula is C19H14ClF2N3O2. The van der Waals surface area contributed by atoms with Crippen LogP contribution in [0.15, 0.2) is 60.8 Å². The van der Waals surface area contributed by atoms with Gasteiger partial charge >= 0.3 is 0 Å². The monoisotopic (exact) mass is 389 g/mol. The number of nitrogens with zero attached hydrogens (tertiary/aromatic N) is 1. The van der Waals surface area contributed by atoms with Gasteiger partial charge in [-0.25, -0.2) is 13.8 Å². The Morgan fingerprint density at radius 2 is 1.74 bits per heavy atom. The number of halogens is 3. The van der Waals surface area contributed by atoms with Crippen LogP contribution in [-0.2, 0) is 4.79 Å². The molecule has 0 radical (unpaired) electrons. The Morgan fingerprint density at radius 1 is 1.04 bits per heavy atom. The number of carbonyl (C=O) groups excluding carboxylic acids is 1. The van der Waals surface area contributed by atoms with E-state index in [0.717, 1.165) is 12.1 Å². The van der Waals surface area contributed by atoms with Gasteiger partial charge in [-0.1, -0.05) is 17.7 Å². The molecule has 3 rings (SSSR count). The van der Waals surface area contributed by atoms with Crippen molar-refractivity contribution in [2.45, 2.75) is 0 Å². The van der Waals surface area contributed by atoms with E-state index in [1.807, 2.05) is 0 Å². The number of ether oxygens (including phenoxy) is 1. The molecule has 1 aromatic heterocycles. The van der Waals surface area contributed by atoms with E-state index in [1.165, 1.54) is 18.3 Å². The number of carbonyl (C=O) groups is 1. The molecule has 0 aliphatic carbocycles. The van der Waals surface area contributed by atoms with Gasteiger partial charge < -0.3 is 15.4 Å². The van der Waals surface area contributed by atoms with Crippen LogP contribution in [-0.4, -0.2) is 17.5 Å². The maximum atomic E-state index is 13.6. The number of nitrogens with one attached hydrogen (secondary N) is 2. The summed E-state index contributed by atoms with van der Waals surface area (Å²) in [6, 6.07) is 13.2. The third-order valence-electron chi connectivity index (χ3n) is 3.45. The number of hydrogen-bond acceptors (Lipinski definition) is 4. The second-order valence-corrected chi connectivity index (χ2v) is 5.88. The van der Waals surface area contributed by atoms with E-state index < -0.39 is 11.6 Å². The topological polar surface area (TPSA) is 63.2 Å². The van der Waals surface area contributed by atoms with Crippen molar-refractivity contribution in [2.24, 2.45) is 0 Å². The zero-order valence-corrected chi connectivity index (χ0v) is 14.6. The lowest BCUT2D eigenvalue weighted by atomic mass is 10.3. The molecule has 0 atom stereocenters. The van der Waals surface area contributed by atoms with Crippen molar-refractivity contribution >= 4 is 34.7 Å². The van der Waals surface area contributed by atoms with Crippen LogP contribution < -0.4 is 15.4 Å². The number of benzene rings is 2. The van der Waals surface area contributed by atoms with Gasteiger partial charge in [-0.3, -0.25) is 4.79 Å². The first-order chi connectivity index (χ1) is 13.0. The van der Waals surface area contributed by atoms with E-state index in [-0.39, 0.29) is 24.0 Å². The van der Waals surface area contributed by atoms with E-state index in [9.17, 15) is 13.6 Å². The Kier molecular flexibility index (Phi) is 5.83. The quantitative estimate of drug-likeness (QED) is 0.637. The first-order valence-corrected chi connectivity index (χ1v) is 8.24. The lowest BCUT2D eigenvalue weighted by Gasteiger charge is -2.10. The molecule has 0 saturated carbocycles. The Morgan fingerprint density at radius 3 is 2.37 bits per heavy atom. The van der Waals surface area contributed by atoms with Gasteiger partial charge in [0.25, 0.3) is 5.91 Å². The smallest absolute Gasteiger partial charge is 0.262 e. The average Bonchev–Trinajstić information content (AvgIpc) is 2.66. The van der Waals surface area contributed by atoms with Crippen molar-refractivity contribution in [3.8, 4) is 5.75 Å². The molecule has 0 bridgehead atoms. The highest BCUT2D eigenvalue weighted by Gasteiger charge is 2.09. The predicted molar refractivity (Wildman–Crippen MR) is 99.5 cm³/mol. The normalized spacial score (nSPS) is 10.3. The van der Waals surface area contributed by atoms with Gasteiger partial charge in [0.1, 0.15) is 28.9 Å². The standard InChI is InChI=1S/C19H14ClF2N3O2/c20-12-4-7-14(8-5-12)27-11-18(26)24-13-6-9-17(23-10-13)25-19-15(21)2-1-3-16(19)22/h1-10H,11H2,(H,23,25)(H,24,26). The molecule has 0 fully saturated rings. The number of pyridine rings is 1. The van der Waals surface area contributed by atoms with Crippen LogP contribution >= 0.6 is 11.6 Å². The van der Waals surface area contributed by atoms with Gasteiger partial charge in [0.2, 0.25) is 0 Å². The third kappa shape index (κ3) is 5.15. The molecule has 2 N–H and O–H groups in total. The fourth-order valence-corrected chi connectivity index (χ4v) is 2.29. The Balaban J connectivity index is 1.55. The van der Waals surface area contributed by atoms with Crippen molar-refractivity contribution in [3.05, 3.63) is 77.5 Å². The molecule has 0 unspecified atom stereocenters. The highest BCUT2D eigenvalue weighted by Crippen LogP contribution is 2.22. The maximum absolute atomic E-state index is 13.6. The Bertz CT molecular complexity index is 914. The van der Waals surface area contributed by atoms with Crippen molar-refractivity contribution in [1.82, 2.24) is 4.98 Å². The van der Waals surface area contributed by atoms with Gasteiger partial charge in [-0.05, 0) is 48.5 Å². The second-order valence-electron chi connectivity index (χ2n) is 5.44. The average molecular weight is 390 g/mol. The molecule has 27 heavy (non-hydrogen) atoms. The van der Waals surface area contributed by atoms with Crippen molar-refractivity contribution in [2.75, 3.05) is 17.2 Å². The number of hydrogen-bond donors (Lipinski definition) is 2. The highest BCUT2D eigenvalue weighted by atomic mass is 35.5. The summed E-state index contributed by atoms with van der Waals surface area (Å²) in [6.45, 7) is -0.192. The van der Waals surface area contributed by atoms with Gasteiger partial charge in [0.15, 0.2) is 6.61 Å². The molecule has 3 aromatic rings. The summed E-state index contributed by atoms with van der Waals surface area (Å²) >= 11 is 5.77. The minimum atomic E-state index is -0.728. The highest BCUT2D eigenvalue weighted by molar-refractivity contribution is 6.30. The molecule has 0 spiro atoms. The van der Waals surface area contributed by atoms with Gasteiger partial charge in [-0.2, -0.15) is 0 Å². The summed E-state index contributed by atoms with van der Waals surface area (Å²) < 4.78 is 32.6. The fourth-order valence-electron chi connectivity index (χ4n) is 2.16. The van der Waals surface area contributed by atoms with Gasteiger partial charge in [0.05, 0.1) is 11.9 Å². The van der Waals surface area contributed by atoms with Crippen LogP contribution in [0.2, 0.25) is 5.02 Å². The molecule has 1 heterocycles. The van der Waals surface area contributed by atoms with E-state index in [1.54, 1.807) is 30.3 Å². The number of amides is 1. The minimum absolute atomic E-state index is 0.192. The summed E-state index contributed by atoms with van der Waals surface area (Å²) in [4.78, 5) is 15.9. The summed E-state index contributed by atoms with van der Waals surface area (Å²) in [5, 5.41) is 5.74.